The fraction of sp³-hybridized carbons (Fsp3) is 0.417. The van der Waals surface area contributed by atoms with Gasteiger partial charge in [-0.25, -0.2) is 4.99 Å². The van der Waals surface area contributed by atoms with Gasteiger partial charge in [-0.15, -0.1) is 24.0 Å². The summed E-state index contributed by atoms with van der Waals surface area (Å²) < 4.78 is 11.2. The third kappa shape index (κ3) is 8.30. The van der Waals surface area contributed by atoms with Gasteiger partial charge in [0.25, 0.3) is 0 Å². The topological polar surface area (TPSA) is 78.4 Å². The van der Waals surface area contributed by atoms with Crippen LogP contribution in [0.25, 0.3) is 0 Å². The molecule has 0 spiro atoms. The normalized spacial score (nSPS) is 13.7. The van der Waals surface area contributed by atoms with Crippen molar-refractivity contribution in [2.75, 3.05) is 63.2 Å². The second-order valence-corrected chi connectivity index (χ2v) is 7.47. The van der Waals surface area contributed by atoms with Crippen molar-refractivity contribution < 1.29 is 14.3 Å². The van der Waals surface area contributed by atoms with Gasteiger partial charge in [-0.3, -0.25) is 4.79 Å². The van der Waals surface area contributed by atoms with E-state index in [9.17, 15) is 4.79 Å². The maximum atomic E-state index is 11.2. The molecule has 3 rings (SSSR count). The molecule has 180 valence electrons. The van der Waals surface area contributed by atoms with Crippen molar-refractivity contribution in [2.45, 2.75) is 13.8 Å². The minimum Gasteiger partial charge on any atom is -0.497 e. The Bertz CT molecular complexity index is 916. The highest BCUT2D eigenvalue weighted by atomic mass is 127. The number of carbonyl (C=O) groups excluding carboxylic acids is 1. The molecule has 1 heterocycles. The number of hydrogen-bond acceptors (Lipinski definition) is 5. The minimum absolute atomic E-state index is 0. The summed E-state index contributed by atoms with van der Waals surface area (Å²) in [5, 5.41) is 6.15. The lowest BCUT2D eigenvalue weighted by molar-refractivity contribution is -0.114. The van der Waals surface area contributed by atoms with Gasteiger partial charge in [0, 0.05) is 63.2 Å². The van der Waals surface area contributed by atoms with Crippen molar-refractivity contribution in [3.8, 4) is 11.5 Å². The van der Waals surface area contributed by atoms with Crippen LogP contribution in [-0.2, 0) is 4.79 Å². The van der Waals surface area contributed by atoms with E-state index >= 15 is 0 Å². The van der Waals surface area contributed by atoms with Crippen LogP contribution in [0, 0.1) is 0 Å². The number of nitrogens with zero attached hydrogens (tertiary/aromatic N) is 3. The molecule has 1 aliphatic heterocycles. The third-order valence-corrected chi connectivity index (χ3v) is 5.11. The second-order valence-electron chi connectivity index (χ2n) is 7.47. The molecule has 0 unspecified atom stereocenters. The Morgan fingerprint density at radius 2 is 1.79 bits per heavy atom. The molecule has 0 bridgehead atoms. The minimum atomic E-state index is -0.103. The fourth-order valence-electron chi connectivity index (χ4n) is 3.59. The van der Waals surface area contributed by atoms with Gasteiger partial charge in [0.15, 0.2) is 5.96 Å². The van der Waals surface area contributed by atoms with Crippen LogP contribution in [0.3, 0.4) is 0 Å². The van der Waals surface area contributed by atoms with Crippen molar-refractivity contribution in [2.24, 2.45) is 4.99 Å². The molecule has 1 fully saturated rings. The van der Waals surface area contributed by atoms with Crippen LogP contribution in [0.4, 0.5) is 11.4 Å². The maximum absolute atomic E-state index is 11.2. The van der Waals surface area contributed by atoms with Crippen LogP contribution in [0.1, 0.15) is 13.8 Å². The zero-order valence-corrected chi connectivity index (χ0v) is 21.9. The van der Waals surface area contributed by atoms with Crippen LogP contribution < -0.4 is 25.0 Å². The molecule has 2 aromatic carbocycles. The van der Waals surface area contributed by atoms with Crippen molar-refractivity contribution in [1.82, 2.24) is 10.2 Å². The molecule has 2 aromatic rings. The zero-order valence-electron chi connectivity index (χ0n) is 19.5. The average molecular weight is 567 g/mol. The first-order valence-electron chi connectivity index (χ1n) is 11.0. The Hall–Kier alpha value is -2.69. The number of aliphatic imine (C=N–C) groups is 1. The summed E-state index contributed by atoms with van der Waals surface area (Å²) in [4.78, 5) is 20.6. The van der Waals surface area contributed by atoms with Crippen LogP contribution in [0.15, 0.2) is 53.5 Å². The number of halogens is 1. The second kappa shape index (κ2) is 13.8. The smallest absolute Gasteiger partial charge is 0.221 e. The van der Waals surface area contributed by atoms with E-state index in [0.717, 1.165) is 50.1 Å². The van der Waals surface area contributed by atoms with E-state index in [1.165, 1.54) is 12.6 Å². The van der Waals surface area contributed by atoms with Gasteiger partial charge in [-0.1, -0.05) is 12.1 Å². The van der Waals surface area contributed by atoms with Crippen molar-refractivity contribution >= 4 is 47.2 Å². The van der Waals surface area contributed by atoms with Crippen LogP contribution in [-0.4, -0.2) is 69.8 Å². The van der Waals surface area contributed by atoms with Gasteiger partial charge < -0.3 is 29.9 Å². The quantitative estimate of drug-likeness (QED) is 0.220. The highest BCUT2D eigenvalue weighted by Crippen LogP contribution is 2.22. The summed E-state index contributed by atoms with van der Waals surface area (Å²) in [6.07, 6.45) is 0. The van der Waals surface area contributed by atoms with Crippen molar-refractivity contribution in [3.63, 3.8) is 0 Å². The number of amides is 1. The summed E-state index contributed by atoms with van der Waals surface area (Å²) in [5.41, 5.74) is 1.90. The average Bonchev–Trinajstić information content (AvgIpc) is 2.81. The lowest BCUT2D eigenvalue weighted by Crippen LogP contribution is -2.52. The molecule has 0 saturated carbocycles. The highest BCUT2D eigenvalue weighted by Gasteiger charge is 2.20. The lowest BCUT2D eigenvalue weighted by Gasteiger charge is -2.37. The monoisotopic (exact) mass is 567 g/mol. The summed E-state index contributed by atoms with van der Waals surface area (Å²) >= 11 is 0. The van der Waals surface area contributed by atoms with E-state index in [2.05, 4.69) is 39.5 Å². The molecular weight excluding hydrogens is 533 g/mol. The van der Waals surface area contributed by atoms with Gasteiger partial charge >= 0.3 is 0 Å². The number of hydrogen-bond donors (Lipinski definition) is 2. The first-order chi connectivity index (χ1) is 15.6. The Morgan fingerprint density at radius 3 is 2.48 bits per heavy atom. The van der Waals surface area contributed by atoms with E-state index in [0.29, 0.717) is 18.9 Å². The number of piperazine rings is 1. The van der Waals surface area contributed by atoms with E-state index in [1.807, 2.05) is 36.4 Å². The molecule has 0 atom stereocenters. The first-order valence-corrected chi connectivity index (χ1v) is 11.0. The molecule has 1 aliphatic rings. The fourth-order valence-corrected chi connectivity index (χ4v) is 3.59. The van der Waals surface area contributed by atoms with Crippen LogP contribution in [0.2, 0.25) is 0 Å². The van der Waals surface area contributed by atoms with Gasteiger partial charge in [-0.05, 0) is 31.2 Å². The molecule has 2 N–H and O–H groups in total. The standard InChI is InChI=1S/C24H33N5O3.HI/c1-4-25-24(26-11-16-32-23-10-5-7-20(17-23)27-19(2)30)29-14-12-28(13-15-29)21-8-6-9-22(18-21)31-3;/h5-10,17-18H,4,11-16H2,1-3H3,(H,25,26)(H,27,30);1H. The van der Waals surface area contributed by atoms with Crippen molar-refractivity contribution in [1.29, 1.82) is 0 Å². The number of anilines is 2. The predicted molar refractivity (Wildman–Crippen MR) is 144 cm³/mol. The number of nitrogens with one attached hydrogen (secondary N) is 2. The summed E-state index contributed by atoms with van der Waals surface area (Å²) in [6, 6.07) is 15.6. The molecule has 33 heavy (non-hydrogen) atoms. The van der Waals surface area contributed by atoms with E-state index in [4.69, 9.17) is 14.5 Å². The van der Waals surface area contributed by atoms with E-state index in [1.54, 1.807) is 7.11 Å². The maximum Gasteiger partial charge on any atom is 0.221 e. The molecular formula is C24H34IN5O3. The molecule has 1 amide bonds. The van der Waals surface area contributed by atoms with E-state index in [-0.39, 0.29) is 29.9 Å². The lowest BCUT2D eigenvalue weighted by atomic mass is 10.2. The Kier molecular flexibility index (Phi) is 11.1. The number of guanidine groups is 1. The molecule has 9 heteroatoms. The molecule has 0 aliphatic carbocycles. The van der Waals surface area contributed by atoms with Gasteiger partial charge in [0.05, 0.1) is 13.7 Å². The summed E-state index contributed by atoms with van der Waals surface area (Å²) in [5.74, 6) is 2.40. The molecule has 0 aromatic heterocycles. The largest absolute Gasteiger partial charge is 0.497 e. The van der Waals surface area contributed by atoms with Gasteiger partial charge in [-0.2, -0.15) is 0 Å². The van der Waals surface area contributed by atoms with Crippen molar-refractivity contribution in [3.05, 3.63) is 48.5 Å². The molecule has 1 saturated heterocycles. The van der Waals surface area contributed by atoms with Gasteiger partial charge in [0.1, 0.15) is 18.1 Å². The number of carbonyl (C=O) groups is 1. The zero-order chi connectivity index (χ0) is 22.8. The highest BCUT2D eigenvalue weighted by molar-refractivity contribution is 14.0. The Balaban J connectivity index is 0.00000385. The number of benzene rings is 2. The number of ether oxygens (including phenoxy) is 2. The summed E-state index contributed by atoms with van der Waals surface area (Å²) in [7, 11) is 1.69. The third-order valence-electron chi connectivity index (χ3n) is 5.11. The van der Waals surface area contributed by atoms with E-state index < -0.39 is 0 Å². The molecule has 0 radical (unpaired) electrons. The Labute approximate surface area is 213 Å². The van der Waals surface area contributed by atoms with Gasteiger partial charge in [0.2, 0.25) is 5.91 Å². The molecule has 8 nitrogen and oxygen atoms in total. The predicted octanol–water partition coefficient (Wildman–Crippen LogP) is 3.44. The summed E-state index contributed by atoms with van der Waals surface area (Å²) in [6.45, 7) is 9.01. The Morgan fingerprint density at radius 1 is 1.06 bits per heavy atom. The van der Waals surface area contributed by atoms with Crippen LogP contribution in [0.5, 0.6) is 11.5 Å². The van der Waals surface area contributed by atoms with Crippen LogP contribution >= 0.6 is 24.0 Å². The number of rotatable bonds is 8. The SMILES string of the molecule is CCNC(=NCCOc1cccc(NC(C)=O)c1)N1CCN(c2cccc(OC)c2)CC1.I. The number of methoxy groups -OCH3 is 1. The first kappa shape index (κ1) is 26.6.